The molecular weight excluding hydrogens is 188 g/mol. The Morgan fingerprint density at radius 2 is 1.93 bits per heavy atom. The largest absolute Gasteiger partial charge is 0.352 e. The van der Waals surface area contributed by atoms with Gasteiger partial charge in [-0.25, -0.2) is 0 Å². The van der Waals surface area contributed by atoms with Gasteiger partial charge in [0.05, 0.1) is 5.54 Å². The summed E-state index contributed by atoms with van der Waals surface area (Å²) in [6, 6.07) is 0.304. The topological polar surface area (TPSA) is 55.1 Å². The zero-order valence-corrected chi connectivity index (χ0v) is 9.59. The summed E-state index contributed by atoms with van der Waals surface area (Å²) >= 11 is 0. The highest BCUT2D eigenvalue weighted by atomic mass is 16.2. The number of amides is 1. The second kappa shape index (κ2) is 4.12. The molecule has 0 heterocycles. The summed E-state index contributed by atoms with van der Waals surface area (Å²) in [5.41, 5.74) is 5.34. The van der Waals surface area contributed by atoms with Gasteiger partial charge in [0, 0.05) is 6.04 Å². The SMILES string of the molecule is CC(NC(=O)C1(N)CC1)C1CCCCC1. The number of carbonyl (C=O) groups is 1. The van der Waals surface area contributed by atoms with Crippen LogP contribution >= 0.6 is 0 Å². The van der Waals surface area contributed by atoms with Crippen LogP contribution < -0.4 is 11.1 Å². The normalized spacial score (nSPS) is 27.1. The van der Waals surface area contributed by atoms with Gasteiger partial charge in [0.25, 0.3) is 0 Å². The number of hydrogen-bond donors (Lipinski definition) is 2. The molecule has 0 saturated heterocycles. The number of carbonyl (C=O) groups excluding carboxylic acids is 1. The van der Waals surface area contributed by atoms with Gasteiger partial charge in [-0.2, -0.15) is 0 Å². The van der Waals surface area contributed by atoms with Crippen molar-refractivity contribution in [2.24, 2.45) is 11.7 Å². The summed E-state index contributed by atoms with van der Waals surface area (Å²) < 4.78 is 0. The quantitative estimate of drug-likeness (QED) is 0.742. The van der Waals surface area contributed by atoms with Crippen LogP contribution in [0.25, 0.3) is 0 Å². The number of nitrogens with two attached hydrogens (primary N) is 1. The second-order valence-corrected chi connectivity index (χ2v) is 5.32. The van der Waals surface area contributed by atoms with E-state index in [1.54, 1.807) is 0 Å². The molecule has 1 unspecified atom stereocenters. The zero-order valence-electron chi connectivity index (χ0n) is 9.59. The molecule has 2 aliphatic carbocycles. The van der Waals surface area contributed by atoms with Crippen molar-refractivity contribution in [2.75, 3.05) is 0 Å². The lowest BCUT2D eigenvalue weighted by Crippen LogP contribution is -2.48. The monoisotopic (exact) mass is 210 g/mol. The predicted octanol–water partition coefficient (Wildman–Crippen LogP) is 1.56. The van der Waals surface area contributed by atoms with Crippen molar-refractivity contribution in [3.8, 4) is 0 Å². The van der Waals surface area contributed by atoms with E-state index in [1.807, 2.05) is 0 Å². The molecule has 3 heteroatoms. The summed E-state index contributed by atoms with van der Waals surface area (Å²) in [4.78, 5) is 11.7. The van der Waals surface area contributed by atoms with Gasteiger partial charge < -0.3 is 11.1 Å². The molecule has 2 aliphatic rings. The minimum Gasteiger partial charge on any atom is -0.352 e. The van der Waals surface area contributed by atoms with Gasteiger partial charge in [-0.3, -0.25) is 4.79 Å². The average molecular weight is 210 g/mol. The second-order valence-electron chi connectivity index (χ2n) is 5.32. The third kappa shape index (κ3) is 2.51. The molecule has 0 aliphatic heterocycles. The molecule has 1 amide bonds. The van der Waals surface area contributed by atoms with Crippen LogP contribution in [-0.4, -0.2) is 17.5 Å². The highest BCUT2D eigenvalue weighted by Crippen LogP contribution is 2.33. The lowest BCUT2D eigenvalue weighted by atomic mass is 9.84. The molecule has 0 aromatic carbocycles. The van der Waals surface area contributed by atoms with E-state index in [9.17, 15) is 4.79 Å². The van der Waals surface area contributed by atoms with E-state index < -0.39 is 5.54 Å². The Hall–Kier alpha value is -0.570. The smallest absolute Gasteiger partial charge is 0.240 e. The van der Waals surface area contributed by atoms with Gasteiger partial charge in [0.2, 0.25) is 5.91 Å². The average Bonchev–Trinajstić information content (AvgIpc) is 2.99. The maximum atomic E-state index is 11.7. The lowest BCUT2D eigenvalue weighted by Gasteiger charge is -2.29. The van der Waals surface area contributed by atoms with Crippen molar-refractivity contribution in [2.45, 2.75) is 63.5 Å². The molecule has 0 aromatic heterocycles. The van der Waals surface area contributed by atoms with E-state index in [-0.39, 0.29) is 5.91 Å². The van der Waals surface area contributed by atoms with Crippen molar-refractivity contribution in [1.82, 2.24) is 5.32 Å². The molecule has 15 heavy (non-hydrogen) atoms. The molecule has 2 fully saturated rings. The maximum absolute atomic E-state index is 11.7. The first kappa shape index (κ1) is 10.9. The van der Waals surface area contributed by atoms with Crippen LogP contribution in [0.2, 0.25) is 0 Å². The van der Waals surface area contributed by atoms with Crippen molar-refractivity contribution >= 4 is 5.91 Å². The van der Waals surface area contributed by atoms with Gasteiger partial charge in [-0.05, 0) is 38.5 Å². The summed E-state index contributed by atoms with van der Waals surface area (Å²) in [5.74, 6) is 0.741. The molecule has 0 bridgehead atoms. The fraction of sp³-hybridized carbons (Fsp3) is 0.917. The molecule has 0 aromatic rings. The van der Waals surface area contributed by atoms with Crippen molar-refractivity contribution in [1.29, 1.82) is 0 Å². The van der Waals surface area contributed by atoms with Crippen molar-refractivity contribution < 1.29 is 4.79 Å². The van der Waals surface area contributed by atoms with Crippen LogP contribution in [-0.2, 0) is 4.79 Å². The van der Waals surface area contributed by atoms with Crippen LogP contribution in [0.1, 0.15) is 51.9 Å². The molecule has 2 rings (SSSR count). The lowest BCUT2D eigenvalue weighted by molar-refractivity contribution is -0.124. The molecule has 3 N–H and O–H groups in total. The Morgan fingerprint density at radius 3 is 2.47 bits per heavy atom. The number of hydrogen-bond acceptors (Lipinski definition) is 2. The standard InChI is InChI=1S/C12H22N2O/c1-9(10-5-3-2-4-6-10)14-11(15)12(13)7-8-12/h9-10H,2-8,13H2,1H3,(H,14,15). The first-order valence-corrected chi connectivity index (χ1v) is 6.22. The van der Waals surface area contributed by atoms with Crippen LogP contribution in [0.5, 0.6) is 0 Å². The van der Waals surface area contributed by atoms with E-state index in [1.165, 1.54) is 32.1 Å². The Bertz CT molecular complexity index is 242. The van der Waals surface area contributed by atoms with Crippen LogP contribution in [0.3, 0.4) is 0 Å². The van der Waals surface area contributed by atoms with Gasteiger partial charge >= 0.3 is 0 Å². The molecule has 0 spiro atoms. The molecular formula is C12H22N2O. The van der Waals surface area contributed by atoms with Crippen LogP contribution in [0, 0.1) is 5.92 Å². The van der Waals surface area contributed by atoms with Gasteiger partial charge in [0.1, 0.15) is 0 Å². The third-order valence-corrected chi connectivity index (χ3v) is 3.96. The Kier molecular flexibility index (Phi) is 3.01. The fourth-order valence-electron chi connectivity index (χ4n) is 2.46. The predicted molar refractivity (Wildman–Crippen MR) is 60.3 cm³/mol. The van der Waals surface area contributed by atoms with Crippen molar-refractivity contribution in [3.05, 3.63) is 0 Å². The van der Waals surface area contributed by atoms with Crippen LogP contribution in [0.4, 0.5) is 0 Å². The van der Waals surface area contributed by atoms with E-state index in [0.717, 1.165) is 12.8 Å². The first-order valence-electron chi connectivity index (χ1n) is 6.22. The molecule has 86 valence electrons. The Labute approximate surface area is 91.8 Å². The number of rotatable bonds is 3. The Morgan fingerprint density at radius 1 is 1.33 bits per heavy atom. The van der Waals surface area contributed by atoms with E-state index in [4.69, 9.17) is 5.73 Å². The Balaban J connectivity index is 1.80. The van der Waals surface area contributed by atoms with E-state index in [2.05, 4.69) is 12.2 Å². The minimum absolute atomic E-state index is 0.0700. The maximum Gasteiger partial charge on any atom is 0.240 e. The zero-order chi connectivity index (χ0) is 10.9. The molecule has 1 atom stereocenters. The van der Waals surface area contributed by atoms with E-state index in [0.29, 0.717) is 12.0 Å². The molecule has 3 nitrogen and oxygen atoms in total. The summed E-state index contributed by atoms with van der Waals surface area (Å²) in [7, 11) is 0. The highest BCUT2D eigenvalue weighted by Gasteiger charge is 2.46. The van der Waals surface area contributed by atoms with Gasteiger partial charge in [-0.1, -0.05) is 19.3 Å². The molecule has 0 radical (unpaired) electrons. The van der Waals surface area contributed by atoms with E-state index >= 15 is 0 Å². The number of nitrogens with one attached hydrogen (secondary N) is 1. The summed E-state index contributed by atoms with van der Waals surface area (Å²) in [5, 5.41) is 3.09. The fourth-order valence-corrected chi connectivity index (χ4v) is 2.46. The highest BCUT2D eigenvalue weighted by molar-refractivity contribution is 5.89. The van der Waals surface area contributed by atoms with Crippen LogP contribution in [0.15, 0.2) is 0 Å². The summed E-state index contributed by atoms with van der Waals surface area (Å²) in [6.07, 6.45) is 8.24. The van der Waals surface area contributed by atoms with Crippen molar-refractivity contribution in [3.63, 3.8) is 0 Å². The van der Waals surface area contributed by atoms with Gasteiger partial charge in [-0.15, -0.1) is 0 Å². The first-order chi connectivity index (χ1) is 7.12. The summed E-state index contributed by atoms with van der Waals surface area (Å²) in [6.45, 7) is 2.12. The van der Waals surface area contributed by atoms with Gasteiger partial charge in [0.15, 0.2) is 0 Å². The minimum atomic E-state index is -0.511. The third-order valence-electron chi connectivity index (χ3n) is 3.96. The molecule has 2 saturated carbocycles.